The number of aromatic hydroxyl groups is 1. The zero-order chi connectivity index (χ0) is 20.2. The van der Waals surface area contributed by atoms with E-state index >= 15 is 0 Å². The number of amides is 1. The number of ether oxygens (including phenoxy) is 1. The molecule has 2 aliphatic rings. The number of likely N-dealkylation sites (tertiary alicyclic amines) is 2. The molecule has 1 aromatic heterocycles. The summed E-state index contributed by atoms with van der Waals surface area (Å²) in [6.07, 6.45) is 7.15. The van der Waals surface area contributed by atoms with Crippen molar-refractivity contribution in [2.75, 3.05) is 33.3 Å². The number of piperidine rings is 2. The Morgan fingerprint density at radius 1 is 1.21 bits per heavy atom. The average molecular weight is 399 g/mol. The SMILES string of the molecule is COc1ccc(O)c(CN2CCC[C@H](n3cc(C(=O)N4CCCCC4)nn3)C2)c1. The predicted octanol–water partition coefficient (Wildman–Crippen LogP) is 2.46. The van der Waals surface area contributed by atoms with Crippen LogP contribution in [0.1, 0.15) is 54.2 Å². The van der Waals surface area contributed by atoms with Gasteiger partial charge in [-0.2, -0.15) is 0 Å². The highest BCUT2D eigenvalue weighted by Gasteiger charge is 2.26. The largest absolute Gasteiger partial charge is 0.508 e. The summed E-state index contributed by atoms with van der Waals surface area (Å²) in [5.41, 5.74) is 1.29. The van der Waals surface area contributed by atoms with Crippen molar-refractivity contribution in [2.45, 2.75) is 44.7 Å². The number of carbonyl (C=O) groups is 1. The van der Waals surface area contributed by atoms with Crippen molar-refractivity contribution in [3.05, 3.63) is 35.7 Å². The maximum atomic E-state index is 12.7. The van der Waals surface area contributed by atoms with Crippen molar-refractivity contribution in [3.63, 3.8) is 0 Å². The van der Waals surface area contributed by atoms with Crippen LogP contribution in [-0.2, 0) is 6.54 Å². The van der Waals surface area contributed by atoms with Gasteiger partial charge in [0.05, 0.1) is 19.3 Å². The zero-order valence-electron chi connectivity index (χ0n) is 17.0. The van der Waals surface area contributed by atoms with Crippen LogP contribution in [-0.4, -0.2) is 69.1 Å². The standard InChI is InChI=1S/C21H29N5O3/c1-29-18-7-8-20(27)16(12-18)13-24-9-5-6-17(14-24)26-15-19(22-23-26)21(28)25-10-3-2-4-11-25/h7-8,12,15,17,27H,2-6,9-11,13-14H2,1H3/t17-/m0/s1. The molecule has 0 spiro atoms. The highest BCUT2D eigenvalue weighted by atomic mass is 16.5. The number of benzene rings is 1. The molecule has 29 heavy (non-hydrogen) atoms. The molecule has 1 atom stereocenters. The van der Waals surface area contributed by atoms with Crippen LogP contribution in [0.5, 0.6) is 11.5 Å². The molecule has 2 aliphatic heterocycles. The van der Waals surface area contributed by atoms with E-state index in [0.717, 1.165) is 63.2 Å². The Morgan fingerprint density at radius 2 is 2.03 bits per heavy atom. The second-order valence-electron chi connectivity index (χ2n) is 7.96. The summed E-state index contributed by atoms with van der Waals surface area (Å²) in [5, 5.41) is 18.6. The van der Waals surface area contributed by atoms with Gasteiger partial charge in [0.25, 0.3) is 5.91 Å². The summed E-state index contributed by atoms with van der Waals surface area (Å²) in [4.78, 5) is 16.8. The molecule has 0 bridgehead atoms. The van der Waals surface area contributed by atoms with Crippen LogP contribution in [0.4, 0.5) is 0 Å². The summed E-state index contributed by atoms with van der Waals surface area (Å²) in [6.45, 7) is 4.03. The minimum absolute atomic E-state index is 0.00933. The summed E-state index contributed by atoms with van der Waals surface area (Å²) in [7, 11) is 1.63. The van der Waals surface area contributed by atoms with E-state index in [1.54, 1.807) is 25.4 Å². The van der Waals surface area contributed by atoms with Crippen LogP contribution in [0.25, 0.3) is 0 Å². The Bertz CT molecular complexity index is 847. The number of carbonyl (C=O) groups excluding carboxylic acids is 1. The fraction of sp³-hybridized carbons (Fsp3) is 0.571. The predicted molar refractivity (Wildman–Crippen MR) is 108 cm³/mol. The van der Waals surface area contributed by atoms with Crippen LogP contribution in [0.15, 0.2) is 24.4 Å². The van der Waals surface area contributed by atoms with E-state index in [4.69, 9.17) is 4.74 Å². The molecule has 8 heteroatoms. The highest BCUT2D eigenvalue weighted by Crippen LogP contribution is 2.27. The summed E-state index contributed by atoms with van der Waals surface area (Å²) in [6, 6.07) is 5.48. The van der Waals surface area contributed by atoms with Crippen LogP contribution in [0.3, 0.4) is 0 Å². The third-order valence-corrected chi connectivity index (χ3v) is 5.91. The number of methoxy groups -OCH3 is 1. The minimum atomic E-state index is -0.00933. The van der Waals surface area contributed by atoms with Crippen molar-refractivity contribution < 1.29 is 14.6 Å². The lowest BCUT2D eigenvalue weighted by Crippen LogP contribution is -2.36. The molecule has 2 fully saturated rings. The quantitative estimate of drug-likeness (QED) is 0.832. The Kier molecular flexibility index (Phi) is 5.99. The molecule has 8 nitrogen and oxygen atoms in total. The first kappa shape index (κ1) is 19.7. The summed E-state index contributed by atoms with van der Waals surface area (Å²) >= 11 is 0. The van der Waals surface area contributed by atoms with Gasteiger partial charge in [-0.15, -0.1) is 5.10 Å². The molecule has 1 N–H and O–H groups in total. The van der Waals surface area contributed by atoms with Gasteiger partial charge in [0.1, 0.15) is 11.5 Å². The van der Waals surface area contributed by atoms with Gasteiger partial charge in [-0.1, -0.05) is 5.21 Å². The topological polar surface area (TPSA) is 83.7 Å². The number of hydrogen-bond acceptors (Lipinski definition) is 6. The minimum Gasteiger partial charge on any atom is -0.508 e. The molecule has 4 rings (SSSR count). The first-order valence-corrected chi connectivity index (χ1v) is 10.4. The Hall–Kier alpha value is -2.61. The van der Waals surface area contributed by atoms with Crippen molar-refractivity contribution in [2.24, 2.45) is 0 Å². The first-order valence-electron chi connectivity index (χ1n) is 10.4. The van der Waals surface area contributed by atoms with Gasteiger partial charge >= 0.3 is 0 Å². The molecule has 1 amide bonds. The Labute approximate surface area is 171 Å². The van der Waals surface area contributed by atoms with Crippen LogP contribution in [0.2, 0.25) is 0 Å². The van der Waals surface area contributed by atoms with Crippen molar-refractivity contribution >= 4 is 5.91 Å². The fourth-order valence-corrected chi connectivity index (χ4v) is 4.26. The zero-order valence-corrected chi connectivity index (χ0v) is 17.0. The van der Waals surface area contributed by atoms with E-state index < -0.39 is 0 Å². The second kappa shape index (κ2) is 8.82. The second-order valence-corrected chi connectivity index (χ2v) is 7.96. The number of rotatable bonds is 5. The maximum absolute atomic E-state index is 12.7. The van der Waals surface area contributed by atoms with E-state index in [2.05, 4.69) is 15.2 Å². The molecular formula is C21H29N5O3. The normalized spacial score (nSPS) is 20.6. The molecule has 0 unspecified atom stereocenters. The smallest absolute Gasteiger partial charge is 0.276 e. The van der Waals surface area contributed by atoms with E-state index in [0.29, 0.717) is 12.2 Å². The van der Waals surface area contributed by atoms with Crippen molar-refractivity contribution in [3.8, 4) is 11.5 Å². The molecule has 0 radical (unpaired) electrons. The van der Waals surface area contributed by atoms with E-state index in [1.807, 2.05) is 15.6 Å². The van der Waals surface area contributed by atoms with Gasteiger partial charge in [0.15, 0.2) is 5.69 Å². The molecule has 0 aliphatic carbocycles. The van der Waals surface area contributed by atoms with Crippen LogP contribution in [0, 0.1) is 0 Å². The average Bonchev–Trinajstić information content (AvgIpc) is 3.26. The third-order valence-electron chi connectivity index (χ3n) is 5.91. The molecular weight excluding hydrogens is 370 g/mol. The van der Waals surface area contributed by atoms with Crippen LogP contribution >= 0.6 is 0 Å². The highest BCUT2D eigenvalue weighted by molar-refractivity contribution is 5.91. The monoisotopic (exact) mass is 399 g/mol. The van der Waals surface area contributed by atoms with Gasteiger partial charge in [-0.05, 0) is 56.8 Å². The summed E-state index contributed by atoms with van der Waals surface area (Å²) < 4.78 is 7.12. The number of aromatic nitrogens is 3. The van der Waals surface area contributed by atoms with Gasteiger partial charge in [0.2, 0.25) is 0 Å². The fourth-order valence-electron chi connectivity index (χ4n) is 4.26. The van der Waals surface area contributed by atoms with E-state index in [9.17, 15) is 9.90 Å². The molecule has 0 saturated carbocycles. The molecule has 2 saturated heterocycles. The molecule has 156 valence electrons. The lowest BCUT2D eigenvalue weighted by Gasteiger charge is -2.32. The van der Waals surface area contributed by atoms with Gasteiger partial charge in [-0.3, -0.25) is 9.69 Å². The van der Waals surface area contributed by atoms with Crippen molar-refractivity contribution in [1.29, 1.82) is 0 Å². The molecule has 3 heterocycles. The van der Waals surface area contributed by atoms with Gasteiger partial charge in [-0.25, -0.2) is 4.68 Å². The number of phenolic OH excluding ortho intramolecular Hbond substituents is 1. The Balaban J connectivity index is 1.41. The Morgan fingerprint density at radius 3 is 2.83 bits per heavy atom. The molecule has 2 aromatic rings. The number of nitrogens with zero attached hydrogens (tertiary/aromatic N) is 5. The number of phenols is 1. The van der Waals surface area contributed by atoms with E-state index in [-0.39, 0.29) is 17.7 Å². The number of hydrogen-bond donors (Lipinski definition) is 1. The summed E-state index contributed by atoms with van der Waals surface area (Å²) in [5.74, 6) is 1.01. The maximum Gasteiger partial charge on any atom is 0.276 e. The lowest BCUT2D eigenvalue weighted by atomic mass is 10.0. The first-order chi connectivity index (χ1) is 14.1. The van der Waals surface area contributed by atoms with Gasteiger partial charge < -0.3 is 14.7 Å². The van der Waals surface area contributed by atoms with Gasteiger partial charge in [0, 0.05) is 31.7 Å². The third kappa shape index (κ3) is 4.53. The lowest BCUT2D eigenvalue weighted by molar-refractivity contribution is 0.0718. The van der Waals surface area contributed by atoms with Crippen molar-refractivity contribution in [1.82, 2.24) is 24.8 Å². The van der Waals surface area contributed by atoms with Crippen LogP contribution < -0.4 is 4.74 Å². The van der Waals surface area contributed by atoms with E-state index in [1.165, 1.54) is 6.42 Å². The molecule has 1 aromatic carbocycles.